The van der Waals surface area contributed by atoms with Crippen molar-refractivity contribution < 1.29 is 26.7 Å². The quantitative estimate of drug-likeness (QED) is 0.503. The van der Waals surface area contributed by atoms with Crippen LogP contribution in [0.25, 0.3) is 0 Å². The van der Waals surface area contributed by atoms with E-state index >= 15 is 0 Å². The first kappa shape index (κ1) is 21.3. The van der Waals surface area contributed by atoms with Gasteiger partial charge in [-0.15, -0.1) is 22.0 Å². The first-order valence-corrected chi connectivity index (χ1v) is 9.12. The Kier molecular flexibility index (Phi) is 6.28. The van der Waals surface area contributed by atoms with Crippen LogP contribution in [0.1, 0.15) is 27.2 Å². The lowest BCUT2D eigenvalue weighted by atomic mass is 9.88. The van der Waals surface area contributed by atoms with E-state index in [4.69, 9.17) is 0 Å². The van der Waals surface area contributed by atoms with Crippen LogP contribution in [0.3, 0.4) is 0 Å². The molecule has 10 heteroatoms. The summed E-state index contributed by atoms with van der Waals surface area (Å²) in [5, 5.41) is 6.91. The Morgan fingerprint density at radius 2 is 1.93 bits per heavy atom. The number of carbonyl (C=O) groups excluding carboxylic acids is 1. The second-order valence-electron chi connectivity index (χ2n) is 6.34. The van der Waals surface area contributed by atoms with E-state index in [-0.39, 0.29) is 23.8 Å². The molecule has 4 nitrogen and oxygen atoms in total. The fourth-order valence-electron chi connectivity index (χ4n) is 2.78. The van der Waals surface area contributed by atoms with E-state index in [1.165, 1.54) is 6.92 Å². The van der Waals surface area contributed by atoms with Gasteiger partial charge in [0.15, 0.2) is 5.71 Å². The second kappa shape index (κ2) is 7.95. The molecule has 0 N–H and O–H groups in total. The minimum atomic E-state index is -4.89. The van der Waals surface area contributed by atoms with Crippen molar-refractivity contribution in [3.05, 3.63) is 29.8 Å². The van der Waals surface area contributed by atoms with Gasteiger partial charge in [-0.25, -0.2) is 8.78 Å². The molecule has 1 aliphatic rings. The summed E-state index contributed by atoms with van der Waals surface area (Å²) < 4.78 is 68.6. The Morgan fingerprint density at radius 3 is 2.41 bits per heavy atom. The van der Waals surface area contributed by atoms with Gasteiger partial charge in [0, 0.05) is 11.8 Å². The number of alkyl halides is 3. The van der Waals surface area contributed by atoms with Gasteiger partial charge in [0.2, 0.25) is 6.41 Å². The minimum absolute atomic E-state index is 0.0538. The number of carbonyl (C=O) groups is 1. The molecule has 1 heterocycles. The van der Waals surface area contributed by atoms with Crippen molar-refractivity contribution in [2.45, 2.75) is 38.9 Å². The molecule has 1 aromatic rings. The lowest BCUT2D eigenvalue weighted by molar-refractivity contribution is -0.108. The molecular weight excluding hydrogens is 389 g/mol. The van der Waals surface area contributed by atoms with Crippen LogP contribution in [0.2, 0.25) is 0 Å². The van der Waals surface area contributed by atoms with Gasteiger partial charge in [-0.05, 0) is 24.5 Å². The Bertz CT molecular complexity index is 778. The van der Waals surface area contributed by atoms with Crippen LogP contribution in [0, 0.1) is 17.6 Å². The second-order valence-corrected chi connectivity index (χ2v) is 7.35. The highest BCUT2D eigenvalue weighted by Crippen LogP contribution is 2.42. The van der Waals surface area contributed by atoms with Crippen LogP contribution in [0.5, 0.6) is 0 Å². The summed E-state index contributed by atoms with van der Waals surface area (Å²) in [6, 6.07) is 2.30. The Balaban J connectivity index is 2.64. The van der Waals surface area contributed by atoms with Crippen LogP contribution < -0.4 is 4.90 Å². The molecule has 0 saturated heterocycles. The number of nitrogens with zero attached hydrogens (tertiary/aromatic N) is 3. The number of amides is 1. The summed E-state index contributed by atoms with van der Waals surface area (Å²) in [5.74, 6) is -1.50. The van der Waals surface area contributed by atoms with Gasteiger partial charge in [0.1, 0.15) is 22.2 Å². The fourth-order valence-corrected chi connectivity index (χ4v) is 3.95. The molecule has 0 bridgehead atoms. The predicted octanol–water partition coefficient (Wildman–Crippen LogP) is 4.80. The standard InChI is InChI=1S/C17H18F5N3OS/c1-4-16(25(9-26)13-6-5-11(18)7-12(13)19)14(17(20,21)22)23-24-15(16)27-8-10(2)3/h5-7,9-10H,4,8H2,1-3H3. The summed E-state index contributed by atoms with van der Waals surface area (Å²) in [5.41, 5.74) is -3.90. The van der Waals surface area contributed by atoms with Gasteiger partial charge in [-0.1, -0.05) is 20.8 Å². The highest BCUT2D eigenvalue weighted by molar-refractivity contribution is 8.14. The van der Waals surface area contributed by atoms with Crippen LogP contribution >= 0.6 is 11.8 Å². The molecule has 1 aliphatic heterocycles. The fraction of sp³-hybridized carbons (Fsp3) is 0.471. The third-order valence-electron chi connectivity index (χ3n) is 4.01. The van der Waals surface area contributed by atoms with E-state index in [0.717, 1.165) is 23.9 Å². The first-order valence-electron chi connectivity index (χ1n) is 8.14. The molecule has 0 aromatic heterocycles. The van der Waals surface area contributed by atoms with E-state index in [1.54, 1.807) is 0 Å². The average Bonchev–Trinajstić information content (AvgIpc) is 2.95. The van der Waals surface area contributed by atoms with Crippen molar-refractivity contribution in [3.8, 4) is 0 Å². The summed E-state index contributed by atoms with van der Waals surface area (Å²) in [7, 11) is 0. The SMILES string of the molecule is CCC1(N(C=O)c2ccc(F)cc2F)C(SCC(C)C)=NN=C1C(F)(F)F. The van der Waals surface area contributed by atoms with Gasteiger partial charge >= 0.3 is 6.18 Å². The van der Waals surface area contributed by atoms with Crippen LogP contribution in [0.4, 0.5) is 27.6 Å². The van der Waals surface area contributed by atoms with Crippen molar-refractivity contribution >= 4 is 34.6 Å². The topological polar surface area (TPSA) is 45.0 Å². The van der Waals surface area contributed by atoms with Gasteiger partial charge in [0.05, 0.1) is 5.69 Å². The predicted molar refractivity (Wildman–Crippen MR) is 96.1 cm³/mol. The van der Waals surface area contributed by atoms with Gasteiger partial charge in [-0.3, -0.25) is 9.69 Å². The monoisotopic (exact) mass is 407 g/mol. The molecule has 0 radical (unpaired) electrons. The summed E-state index contributed by atoms with van der Waals surface area (Å²) in [6.07, 6.45) is -5.04. The largest absolute Gasteiger partial charge is 0.434 e. The third kappa shape index (κ3) is 3.99. The molecule has 0 fully saturated rings. The zero-order valence-electron chi connectivity index (χ0n) is 14.8. The number of benzene rings is 1. The normalized spacial score (nSPS) is 19.9. The molecule has 0 spiro atoms. The Hall–Kier alpha value is -1.97. The third-order valence-corrected chi connectivity index (χ3v) is 5.53. The molecule has 0 saturated carbocycles. The number of halogens is 5. The summed E-state index contributed by atoms with van der Waals surface area (Å²) >= 11 is 1.03. The maximum Gasteiger partial charge on any atom is 0.434 e. The molecule has 148 valence electrons. The van der Waals surface area contributed by atoms with Crippen LogP contribution in [0.15, 0.2) is 28.4 Å². The molecule has 1 amide bonds. The molecule has 0 aliphatic carbocycles. The van der Waals surface area contributed by atoms with Crippen molar-refractivity contribution in [1.29, 1.82) is 0 Å². The molecule has 1 atom stereocenters. The Morgan fingerprint density at radius 1 is 1.26 bits per heavy atom. The van der Waals surface area contributed by atoms with Gasteiger partial charge in [-0.2, -0.15) is 13.2 Å². The molecule has 1 aromatic carbocycles. The van der Waals surface area contributed by atoms with Crippen LogP contribution in [-0.2, 0) is 4.79 Å². The molecule has 2 rings (SSSR count). The van der Waals surface area contributed by atoms with Crippen molar-refractivity contribution in [1.82, 2.24) is 0 Å². The lowest BCUT2D eigenvalue weighted by Crippen LogP contribution is -2.61. The number of hydrogen-bond acceptors (Lipinski definition) is 4. The number of hydrogen-bond donors (Lipinski definition) is 0. The highest BCUT2D eigenvalue weighted by Gasteiger charge is 2.59. The maximum atomic E-state index is 14.3. The average molecular weight is 407 g/mol. The van der Waals surface area contributed by atoms with E-state index in [9.17, 15) is 26.7 Å². The Labute approximate surface area is 157 Å². The maximum absolute atomic E-state index is 14.3. The van der Waals surface area contributed by atoms with Crippen molar-refractivity contribution in [2.75, 3.05) is 10.7 Å². The number of thioether (sulfide) groups is 1. The van der Waals surface area contributed by atoms with Gasteiger partial charge < -0.3 is 0 Å². The zero-order valence-corrected chi connectivity index (χ0v) is 15.7. The van der Waals surface area contributed by atoms with E-state index in [2.05, 4.69) is 10.2 Å². The van der Waals surface area contributed by atoms with E-state index in [1.807, 2.05) is 13.8 Å². The van der Waals surface area contributed by atoms with Crippen molar-refractivity contribution in [2.24, 2.45) is 16.1 Å². The smallest absolute Gasteiger partial charge is 0.294 e. The number of rotatable bonds is 6. The van der Waals surface area contributed by atoms with E-state index in [0.29, 0.717) is 16.7 Å². The molecule has 27 heavy (non-hydrogen) atoms. The highest BCUT2D eigenvalue weighted by atomic mass is 32.2. The minimum Gasteiger partial charge on any atom is -0.294 e. The number of anilines is 1. The molecule has 1 unspecified atom stereocenters. The van der Waals surface area contributed by atoms with E-state index < -0.39 is 34.7 Å². The first-order chi connectivity index (χ1) is 12.6. The van der Waals surface area contributed by atoms with Crippen molar-refractivity contribution in [3.63, 3.8) is 0 Å². The lowest BCUT2D eigenvalue weighted by Gasteiger charge is -2.40. The summed E-state index contributed by atoms with van der Waals surface area (Å²) in [4.78, 5) is 12.4. The molecular formula is C17H18F5N3OS. The zero-order chi connectivity index (χ0) is 20.4. The van der Waals surface area contributed by atoms with Gasteiger partial charge in [0.25, 0.3) is 0 Å². The van der Waals surface area contributed by atoms with Crippen LogP contribution in [-0.4, -0.2) is 34.6 Å². The summed E-state index contributed by atoms with van der Waals surface area (Å²) in [6.45, 7) is 5.17.